The number of nitrogens with two attached hydrogens (primary N) is 1. The van der Waals surface area contributed by atoms with Crippen LogP contribution in [-0.4, -0.2) is 11.1 Å². The molecule has 0 aromatic heterocycles. The van der Waals surface area contributed by atoms with E-state index < -0.39 is 5.97 Å². The number of nitrogen functional groups attached to an aromatic ring is 1. The maximum absolute atomic E-state index is 13.5. The summed E-state index contributed by atoms with van der Waals surface area (Å²) in [5, 5.41) is 11.9. The Bertz CT molecular complexity index is 689. The molecule has 0 aliphatic rings. The van der Waals surface area contributed by atoms with Gasteiger partial charge < -0.3 is 16.2 Å². The average molecular weight is 339 g/mol. The van der Waals surface area contributed by atoms with Crippen LogP contribution in [0, 0.1) is 12.7 Å². The molecule has 0 atom stereocenters. The van der Waals surface area contributed by atoms with Gasteiger partial charge >= 0.3 is 5.97 Å². The molecule has 0 fully saturated rings. The van der Waals surface area contributed by atoms with Crippen molar-refractivity contribution < 1.29 is 14.3 Å². The summed E-state index contributed by atoms with van der Waals surface area (Å²) in [6, 6.07) is 7.51. The van der Waals surface area contributed by atoms with Crippen molar-refractivity contribution in [3.05, 3.63) is 51.7 Å². The summed E-state index contributed by atoms with van der Waals surface area (Å²) in [4.78, 5) is 10.9. The van der Waals surface area contributed by atoms with Crippen LogP contribution in [-0.2, 0) is 0 Å². The van der Waals surface area contributed by atoms with Crippen LogP contribution >= 0.6 is 15.9 Å². The highest BCUT2D eigenvalue weighted by molar-refractivity contribution is 9.10. The highest BCUT2D eigenvalue weighted by Crippen LogP contribution is 2.28. The van der Waals surface area contributed by atoms with E-state index in [-0.39, 0.29) is 17.1 Å². The van der Waals surface area contributed by atoms with E-state index in [0.29, 0.717) is 15.8 Å². The fraction of sp³-hybridized carbons (Fsp3) is 0.0714. The predicted molar refractivity (Wildman–Crippen MR) is 79.9 cm³/mol. The Hall–Kier alpha value is -2.08. The summed E-state index contributed by atoms with van der Waals surface area (Å²) in [6.07, 6.45) is 0. The fourth-order valence-corrected chi connectivity index (χ4v) is 2.23. The third-order valence-electron chi connectivity index (χ3n) is 2.83. The van der Waals surface area contributed by atoms with Gasteiger partial charge in [-0.15, -0.1) is 0 Å². The molecule has 0 saturated heterocycles. The number of nitrogens with one attached hydrogen (secondary N) is 1. The molecule has 6 heteroatoms. The number of carboxylic acid groups (broad SMARTS) is 1. The first-order valence-corrected chi connectivity index (χ1v) is 6.53. The van der Waals surface area contributed by atoms with Crippen LogP contribution < -0.4 is 11.1 Å². The third kappa shape index (κ3) is 2.91. The second-order valence-corrected chi connectivity index (χ2v) is 5.17. The lowest BCUT2D eigenvalue weighted by molar-refractivity contribution is 0.0698. The number of carboxylic acids is 1. The maximum Gasteiger partial charge on any atom is 0.337 e. The van der Waals surface area contributed by atoms with E-state index in [9.17, 15) is 9.18 Å². The first-order chi connectivity index (χ1) is 9.38. The van der Waals surface area contributed by atoms with Crippen LogP contribution in [0.3, 0.4) is 0 Å². The zero-order valence-corrected chi connectivity index (χ0v) is 12.2. The van der Waals surface area contributed by atoms with E-state index >= 15 is 0 Å². The third-order valence-corrected chi connectivity index (χ3v) is 3.44. The smallest absolute Gasteiger partial charge is 0.337 e. The number of halogens is 2. The van der Waals surface area contributed by atoms with Gasteiger partial charge in [-0.05, 0) is 58.7 Å². The van der Waals surface area contributed by atoms with E-state index in [2.05, 4.69) is 21.2 Å². The molecule has 2 aromatic carbocycles. The molecule has 2 rings (SSSR count). The van der Waals surface area contributed by atoms with Crippen LogP contribution in [0.2, 0.25) is 0 Å². The van der Waals surface area contributed by atoms with Gasteiger partial charge in [-0.3, -0.25) is 0 Å². The molecule has 0 unspecified atom stereocenters. The number of benzene rings is 2. The Morgan fingerprint density at radius 3 is 2.65 bits per heavy atom. The summed E-state index contributed by atoms with van der Waals surface area (Å²) in [5.41, 5.74) is 7.88. The monoisotopic (exact) mass is 338 g/mol. The molecule has 104 valence electrons. The molecule has 0 amide bonds. The normalized spacial score (nSPS) is 10.3. The molecule has 0 spiro atoms. The first-order valence-electron chi connectivity index (χ1n) is 5.74. The molecular weight excluding hydrogens is 327 g/mol. The zero-order chi connectivity index (χ0) is 14.9. The summed E-state index contributed by atoms with van der Waals surface area (Å²) in [6.45, 7) is 1.83. The van der Waals surface area contributed by atoms with Gasteiger partial charge in [0.15, 0.2) is 0 Å². The summed E-state index contributed by atoms with van der Waals surface area (Å²) < 4.78 is 13.9. The van der Waals surface area contributed by atoms with Crippen LogP contribution in [0.5, 0.6) is 0 Å². The number of aryl methyl sites for hydroxylation is 1. The molecule has 0 radical (unpaired) electrons. The Balaban J connectivity index is 2.33. The van der Waals surface area contributed by atoms with Gasteiger partial charge in [0.05, 0.1) is 10.0 Å². The van der Waals surface area contributed by atoms with Gasteiger partial charge in [0.2, 0.25) is 0 Å². The Kier molecular flexibility index (Phi) is 3.94. The Morgan fingerprint density at radius 2 is 2.05 bits per heavy atom. The van der Waals surface area contributed by atoms with Gasteiger partial charge in [0, 0.05) is 17.1 Å². The van der Waals surface area contributed by atoms with Crippen molar-refractivity contribution in [2.24, 2.45) is 0 Å². The molecule has 4 nitrogen and oxygen atoms in total. The Labute approximate surface area is 123 Å². The minimum Gasteiger partial charge on any atom is -0.478 e. The van der Waals surface area contributed by atoms with Crippen LogP contribution in [0.15, 0.2) is 34.8 Å². The lowest BCUT2D eigenvalue weighted by Gasteiger charge is -2.12. The molecule has 4 N–H and O–H groups in total. The van der Waals surface area contributed by atoms with Gasteiger partial charge in [0.1, 0.15) is 5.82 Å². The number of hydrogen-bond acceptors (Lipinski definition) is 3. The zero-order valence-electron chi connectivity index (χ0n) is 10.6. The highest BCUT2D eigenvalue weighted by Gasteiger charge is 2.09. The van der Waals surface area contributed by atoms with Crippen LogP contribution in [0.4, 0.5) is 21.5 Å². The van der Waals surface area contributed by atoms with Gasteiger partial charge in [-0.2, -0.15) is 0 Å². The number of anilines is 3. The summed E-state index contributed by atoms with van der Waals surface area (Å²) in [5.74, 6) is -1.46. The lowest BCUT2D eigenvalue weighted by atomic mass is 10.1. The number of aromatic carboxylic acids is 1. The minimum absolute atomic E-state index is 0.0364. The average Bonchev–Trinajstić information content (AvgIpc) is 2.35. The van der Waals surface area contributed by atoms with Crippen molar-refractivity contribution in [2.45, 2.75) is 6.92 Å². The molecule has 0 bridgehead atoms. The molecule has 20 heavy (non-hydrogen) atoms. The van der Waals surface area contributed by atoms with Crippen molar-refractivity contribution in [2.75, 3.05) is 11.1 Å². The molecule has 0 heterocycles. The molecule has 0 saturated carbocycles. The highest BCUT2D eigenvalue weighted by atomic mass is 79.9. The molecule has 2 aromatic rings. The predicted octanol–water partition coefficient (Wildman–Crippen LogP) is 3.92. The number of carbonyl (C=O) groups is 1. The second-order valence-electron chi connectivity index (χ2n) is 4.31. The van der Waals surface area contributed by atoms with E-state index in [4.69, 9.17) is 10.8 Å². The van der Waals surface area contributed by atoms with Crippen LogP contribution in [0.25, 0.3) is 0 Å². The fourth-order valence-electron chi connectivity index (χ4n) is 1.77. The van der Waals surface area contributed by atoms with E-state index in [1.165, 1.54) is 18.2 Å². The van der Waals surface area contributed by atoms with Crippen molar-refractivity contribution >= 4 is 39.0 Å². The largest absolute Gasteiger partial charge is 0.478 e. The van der Waals surface area contributed by atoms with Gasteiger partial charge in [-0.25, -0.2) is 9.18 Å². The van der Waals surface area contributed by atoms with Crippen molar-refractivity contribution in [1.29, 1.82) is 0 Å². The molecular formula is C14H12BrFN2O2. The minimum atomic E-state index is -1.08. The Morgan fingerprint density at radius 1 is 1.35 bits per heavy atom. The van der Waals surface area contributed by atoms with E-state index in [0.717, 1.165) is 5.56 Å². The standard InChI is InChI=1S/C14H12BrFN2O2/c1-7-4-10(15)11(16)6-13(7)18-8-2-3-9(14(19)20)12(17)5-8/h2-6,18H,17H2,1H3,(H,19,20). The second kappa shape index (κ2) is 5.50. The SMILES string of the molecule is Cc1cc(Br)c(F)cc1Nc1ccc(C(=O)O)c(N)c1. The van der Waals surface area contributed by atoms with E-state index in [1.54, 1.807) is 12.1 Å². The first kappa shape index (κ1) is 14.3. The topological polar surface area (TPSA) is 75.3 Å². The maximum atomic E-state index is 13.5. The number of rotatable bonds is 3. The van der Waals surface area contributed by atoms with Crippen LogP contribution in [0.1, 0.15) is 15.9 Å². The summed E-state index contributed by atoms with van der Waals surface area (Å²) in [7, 11) is 0. The number of hydrogen-bond donors (Lipinski definition) is 3. The quantitative estimate of drug-likeness (QED) is 0.741. The summed E-state index contributed by atoms with van der Waals surface area (Å²) >= 11 is 3.11. The molecule has 0 aliphatic heterocycles. The van der Waals surface area contributed by atoms with Gasteiger partial charge in [0.25, 0.3) is 0 Å². The van der Waals surface area contributed by atoms with Crippen molar-refractivity contribution in [3.8, 4) is 0 Å². The lowest BCUT2D eigenvalue weighted by Crippen LogP contribution is -2.03. The molecule has 0 aliphatic carbocycles. The van der Waals surface area contributed by atoms with Gasteiger partial charge in [-0.1, -0.05) is 0 Å². The van der Waals surface area contributed by atoms with Crippen molar-refractivity contribution in [1.82, 2.24) is 0 Å². The van der Waals surface area contributed by atoms with Crippen molar-refractivity contribution in [3.63, 3.8) is 0 Å². The van der Waals surface area contributed by atoms with E-state index in [1.807, 2.05) is 6.92 Å².